The fourth-order valence-electron chi connectivity index (χ4n) is 5.61. The molecule has 3 aromatic rings. The van der Waals surface area contributed by atoms with E-state index in [1.165, 1.54) is 17.2 Å². The predicted octanol–water partition coefficient (Wildman–Crippen LogP) is 5.50. The van der Waals surface area contributed by atoms with Gasteiger partial charge in [0.25, 0.3) is 5.56 Å². The minimum Gasteiger partial charge on any atom is -0.350 e. The minimum absolute atomic E-state index is 0.138. The van der Waals surface area contributed by atoms with Crippen LogP contribution in [-0.2, 0) is 6.54 Å². The molecule has 0 amide bonds. The lowest BCUT2D eigenvalue weighted by atomic mass is 9.76. The number of halogens is 2. The molecule has 0 bridgehead atoms. The molecule has 5 rings (SSSR count). The van der Waals surface area contributed by atoms with Gasteiger partial charge in [-0.25, -0.2) is 4.39 Å². The maximum atomic E-state index is 15.2. The largest absolute Gasteiger partial charge is 0.350 e. The van der Waals surface area contributed by atoms with Crippen molar-refractivity contribution in [2.75, 3.05) is 20.1 Å². The second-order valence-corrected chi connectivity index (χ2v) is 10.5. The number of likely N-dealkylation sites (tertiary alicyclic amines) is 1. The third-order valence-corrected chi connectivity index (χ3v) is 8.04. The molecule has 2 aromatic heterocycles. The van der Waals surface area contributed by atoms with E-state index in [-0.39, 0.29) is 27.4 Å². The molecule has 36 heavy (non-hydrogen) atoms. The Morgan fingerprint density at radius 1 is 1.28 bits per heavy atom. The fraction of sp³-hybridized carbons (Fsp3) is 0.444. The third-order valence-electron chi connectivity index (χ3n) is 7.75. The van der Waals surface area contributed by atoms with E-state index in [1.54, 1.807) is 11.9 Å². The van der Waals surface area contributed by atoms with Crippen molar-refractivity contribution in [2.45, 2.75) is 51.0 Å². The first-order chi connectivity index (χ1) is 17.4. The smallest absolute Gasteiger partial charge is 0.279 e. The van der Waals surface area contributed by atoms with Crippen molar-refractivity contribution < 1.29 is 4.39 Å². The SMILES string of the molecule is CN(C=N)C(=N)C(c1cccc(-n2cc(Cl)c3c(F)c(CN4CCC4)[nH]c3c2=O)c1)C1CCCCC1. The number of pyridine rings is 1. The Kier molecular flexibility index (Phi) is 6.99. The molecule has 190 valence electrons. The first-order valence-corrected chi connectivity index (χ1v) is 13.0. The molecule has 0 spiro atoms. The van der Waals surface area contributed by atoms with Crippen LogP contribution in [0.4, 0.5) is 4.39 Å². The lowest BCUT2D eigenvalue weighted by Gasteiger charge is -2.33. The average Bonchev–Trinajstić information content (AvgIpc) is 3.20. The van der Waals surface area contributed by atoms with Gasteiger partial charge in [0.05, 0.1) is 22.4 Å². The number of benzene rings is 1. The quantitative estimate of drug-likeness (QED) is 0.289. The van der Waals surface area contributed by atoms with E-state index in [0.29, 0.717) is 29.7 Å². The number of fused-ring (bicyclic) bond motifs is 1. The zero-order valence-corrected chi connectivity index (χ0v) is 21.2. The van der Waals surface area contributed by atoms with Crippen molar-refractivity contribution in [3.63, 3.8) is 0 Å². The number of hydrogen-bond acceptors (Lipinski definition) is 4. The number of nitrogens with zero attached hydrogens (tertiary/aromatic N) is 3. The summed E-state index contributed by atoms with van der Waals surface area (Å²) < 4.78 is 16.6. The van der Waals surface area contributed by atoms with Crippen molar-refractivity contribution in [1.82, 2.24) is 19.4 Å². The molecule has 1 aromatic carbocycles. The van der Waals surface area contributed by atoms with Gasteiger partial charge >= 0.3 is 0 Å². The van der Waals surface area contributed by atoms with Crippen LogP contribution >= 0.6 is 11.6 Å². The molecule has 1 aliphatic heterocycles. The van der Waals surface area contributed by atoms with E-state index in [0.717, 1.165) is 57.1 Å². The molecule has 9 heteroatoms. The number of amidine groups is 1. The van der Waals surface area contributed by atoms with Crippen molar-refractivity contribution in [2.24, 2.45) is 5.92 Å². The van der Waals surface area contributed by atoms with Crippen molar-refractivity contribution in [1.29, 1.82) is 10.8 Å². The van der Waals surface area contributed by atoms with Crippen molar-refractivity contribution >= 4 is 34.7 Å². The first kappa shape index (κ1) is 24.7. The summed E-state index contributed by atoms with van der Waals surface area (Å²) in [6, 6.07) is 7.62. The summed E-state index contributed by atoms with van der Waals surface area (Å²) in [6.07, 6.45) is 9.28. The first-order valence-electron chi connectivity index (χ1n) is 12.6. The van der Waals surface area contributed by atoms with Crippen molar-refractivity contribution in [3.05, 3.63) is 62.9 Å². The lowest BCUT2D eigenvalue weighted by Crippen LogP contribution is -2.36. The number of likely N-dealkylation sites (N-methyl/N-ethyl adjacent to an activating group) is 1. The maximum absolute atomic E-state index is 15.2. The monoisotopic (exact) mass is 510 g/mol. The molecule has 3 N–H and O–H groups in total. The summed E-state index contributed by atoms with van der Waals surface area (Å²) in [5.74, 6) is 0.0309. The molecule has 1 unspecified atom stereocenters. The van der Waals surface area contributed by atoms with Gasteiger partial charge < -0.3 is 9.88 Å². The van der Waals surface area contributed by atoms with E-state index >= 15 is 4.39 Å². The number of H-pyrrole nitrogens is 1. The molecule has 1 saturated heterocycles. The zero-order valence-electron chi connectivity index (χ0n) is 20.5. The summed E-state index contributed by atoms with van der Waals surface area (Å²) >= 11 is 6.52. The fourth-order valence-corrected chi connectivity index (χ4v) is 5.89. The van der Waals surface area contributed by atoms with Crippen molar-refractivity contribution in [3.8, 4) is 5.69 Å². The normalized spacial score (nSPS) is 17.6. The summed E-state index contributed by atoms with van der Waals surface area (Å²) in [4.78, 5) is 20.2. The molecular weight excluding hydrogens is 479 g/mol. The van der Waals surface area contributed by atoms with Crippen LogP contribution in [-0.4, -0.2) is 51.7 Å². The highest BCUT2D eigenvalue weighted by atomic mass is 35.5. The molecule has 1 saturated carbocycles. The molecule has 1 aliphatic carbocycles. The Hall–Kier alpha value is -2.97. The summed E-state index contributed by atoms with van der Waals surface area (Å²) in [5.41, 5.74) is 1.74. The Morgan fingerprint density at radius 3 is 2.69 bits per heavy atom. The van der Waals surface area contributed by atoms with E-state index in [2.05, 4.69) is 9.88 Å². The van der Waals surface area contributed by atoms with Gasteiger partial charge in [-0.2, -0.15) is 0 Å². The Balaban J connectivity index is 1.56. The average molecular weight is 511 g/mol. The molecule has 3 heterocycles. The van der Waals surface area contributed by atoms with Gasteiger partial charge in [0, 0.05) is 31.4 Å². The second kappa shape index (κ2) is 10.2. The Labute approximate surface area is 214 Å². The van der Waals surface area contributed by atoms with E-state index in [4.69, 9.17) is 22.4 Å². The van der Waals surface area contributed by atoms with Gasteiger partial charge in [-0.05, 0) is 56.0 Å². The molecular formula is C27H32ClFN6O. The molecule has 0 radical (unpaired) electrons. The van der Waals surface area contributed by atoms with Crippen LogP contribution in [0.3, 0.4) is 0 Å². The zero-order chi connectivity index (χ0) is 25.4. The van der Waals surface area contributed by atoms with Crippen LogP contribution < -0.4 is 5.56 Å². The van der Waals surface area contributed by atoms with E-state index in [1.807, 2.05) is 24.3 Å². The maximum Gasteiger partial charge on any atom is 0.279 e. The van der Waals surface area contributed by atoms with Gasteiger partial charge in [-0.15, -0.1) is 0 Å². The summed E-state index contributed by atoms with van der Waals surface area (Å²) in [6.45, 7) is 2.27. The minimum atomic E-state index is -0.458. The second-order valence-electron chi connectivity index (χ2n) is 10.0. The number of rotatable bonds is 7. The van der Waals surface area contributed by atoms with Gasteiger partial charge in [-0.1, -0.05) is 43.0 Å². The highest BCUT2D eigenvalue weighted by Gasteiger charge is 2.30. The highest BCUT2D eigenvalue weighted by Crippen LogP contribution is 2.38. The van der Waals surface area contributed by atoms with Crippen LogP contribution in [0.2, 0.25) is 5.02 Å². The molecule has 7 nitrogen and oxygen atoms in total. The Morgan fingerprint density at radius 2 is 2.03 bits per heavy atom. The van der Waals surface area contributed by atoms with Gasteiger partial charge in [0.2, 0.25) is 0 Å². The van der Waals surface area contributed by atoms with Crippen LogP contribution in [0.25, 0.3) is 16.6 Å². The number of hydrogen-bond donors (Lipinski definition) is 3. The third kappa shape index (κ3) is 4.48. The standard InChI is InChI=1S/C27H32ClFN6O/c1-33(16-30)26(31)22(17-7-3-2-4-8-17)18-9-5-10-19(13-18)35-14-20(28)23-24(29)21(15-34-11-6-12-34)32-25(23)27(35)36/h5,9-10,13-14,16-17,22,30-32H,2-4,6-8,11-12,15H2,1H3. The number of aromatic amines is 1. The van der Waals surface area contributed by atoms with Crippen LogP contribution in [0.15, 0.2) is 35.3 Å². The molecule has 2 fully saturated rings. The number of nitrogens with one attached hydrogen (secondary N) is 3. The van der Waals surface area contributed by atoms with Gasteiger partial charge in [0.1, 0.15) is 11.4 Å². The summed E-state index contributed by atoms with van der Waals surface area (Å²) in [7, 11) is 1.73. The van der Waals surface area contributed by atoms with Gasteiger partial charge in [0.15, 0.2) is 5.82 Å². The number of aromatic nitrogens is 2. The van der Waals surface area contributed by atoms with E-state index < -0.39 is 5.82 Å². The summed E-state index contributed by atoms with van der Waals surface area (Å²) in [5, 5.41) is 16.8. The van der Waals surface area contributed by atoms with Crippen LogP contribution in [0.1, 0.15) is 55.7 Å². The van der Waals surface area contributed by atoms with Gasteiger partial charge in [-0.3, -0.25) is 25.1 Å². The Bertz CT molecular complexity index is 1350. The lowest BCUT2D eigenvalue weighted by molar-refractivity contribution is 0.169. The van der Waals surface area contributed by atoms with Crippen LogP contribution in [0, 0.1) is 22.6 Å². The predicted molar refractivity (Wildman–Crippen MR) is 142 cm³/mol. The molecule has 1 atom stereocenters. The van der Waals surface area contributed by atoms with E-state index in [9.17, 15) is 4.79 Å². The highest BCUT2D eigenvalue weighted by molar-refractivity contribution is 6.35. The molecule has 2 aliphatic rings. The topological polar surface area (TPSA) is 92.0 Å². The van der Waals surface area contributed by atoms with Crippen LogP contribution in [0.5, 0.6) is 0 Å².